The molecule has 3 unspecified atom stereocenters. The first-order chi connectivity index (χ1) is 13.3. The van der Waals surface area contributed by atoms with Crippen LogP contribution in [0.1, 0.15) is 91.4 Å². The van der Waals surface area contributed by atoms with Gasteiger partial charge in [-0.25, -0.2) is 0 Å². The van der Waals surface area contributed by atoms with Crippen molar-refractivity contribution in [2.75, 3.05) is 7.05 Å². The van der Waals surface area contributed by atoms with Crippen LogP contribution in [0, 0.1) is 46.3 Å². The molecule has 9 atom stereocenters. The Morgan fingerprint density at radius 1 is 1.04 bits per heavy atom. The number of amides is 1. The smallest absolute Gasteiger partial charge is 0.219 e. The van der Waals surface area contributed by atoms with Gasteiger partial charge in [-0.15, -0.1) is 0 Å². The number of fused-ring (bicyclic) bond motifs is 5. The molecule has 4 aliphatic rings. The monoisotopic (exact) mass is 389 g/mol. The molecule has 0 aromatic heterocycles. The molecule has 4 rings (SSSR count). The molecule has 4 saturated carbocycles. The number of carbonyl (C=O) groups is 1. The Morgan fingerprint density at radius 2 is 1.75 bits per heavy atom. The number of aliphatic hydroxyl groups excluding tert-OH is 1. The minimum absolute atomic E-state index is 0.0412. The lowest BCUT2D eigenvalue weighted by atomic mass is 9.44. The summed E-state index contributed by atoms with van der Waals surface area (Å²) in [7, 11) is 1.75. The zero-order valence-electron chi connectivity index (χ0n) is 18.7. The van der Waals surface area contributed by atoms with E-state index in [-0.39, 0.29) is 12.0 Å². The predicted molar refractivity (Wildman–Crippen MR) is 114 cm³/mol. The number of hydrogen-bond donors (Lipinski definition) is 2. The zero-order valence-corrected chi connectivity index (χ0v) is 18.7. The summed E-state index contributed by atoms with van der Waals surface area (Å²) < 4.78 is 0. The van der Waals surface area contributed by atoms with Gasteiger partial charge in [0.15, 0.2) is 0 Å². The van der Waals surface area contributed by atoms with Crippen LogP contribution < -0.4 is 5.32 Å². The van der Waals surface area contributed by atoms with E-state index in [1.165, 1.54) is 44.9 Å². The quantitative estimate of drug-likeness (QED) is 0.697. The van der Waals surface area contributed by atoms with Crippen molar-refractivity contribution in [3.8, 4) is 0 Å². The molecule has 0 saturated heterocycles. The average Bonchev–Trinajstić information content (AvgIpc) is 3.03. The Kier molecular flexibility index (Phi) is 5.61. The van der Waals surface area contributed by atoms with E-state index >= 15 is 0 Å². The maximum atomic E-state index is 11.7. The Morgan fingerprint density at radius 3 is 2.50 bits per heavy atom. The van der Waals surface area contributed by atoms with Crippen LogP contribution in [0.25, 0.3) is 0 Å². The highest BCUT2D eigenvalue weighted by atomic mass is 16.3. The SMILES string of the molecule is CNC(=O)CC[C@@H](C)[C@H]1CCC2C3CC[C@@H]4C[C@H](O)CC[C@]4(C)C3CC[C@@]21C. The van der Waals surface area contributed by atoms with Crippen molar-refractivity contribution < 1.29 is 9.90 Å². The van der Waals surface area contributed by atoms with Crippen LogP contribution in [-0.2, 0) is 4.79 Å². The maximum Gasteiger partial charge on any atom is 0.219 e. The summed E-state index contributed by atoms with van der Waals surface area (Å²) in [5.41, 5.74) is 0.965. The van der Waals surface area contributed by atoms with Crippen molar-refractivity contribution in [3.05, 3.63) is 0 Å². The Labute approximate surface area is 172 Å². The zero-order chi connectivity index (χ0) is 20.1. The molecule has 4 aliphatic carbocycles. The molecule has 0 aromatic carbocycles. The van der Waals surface area contributed by atoms with Gasteiger partial charge in [-0.1, -0.05) is 20.8 Å². The van der Waals surface area contributed by atoms with E-state index in [4.69, 9.17) is 0 Å². The molecule has 0 aromatic rings. The van der Waals surface area contributed by atoms with Crippen LogP contribution in [0.4, 0.5) is 0 Å². The molecule has 2 N–H and O–H groups in total. The molecule has 28 heavy (non-hydrogen) atoms. The molecule has 0 bridgehead atoms. The summed E-state index contributed by atoms with van der Waals surface area (Å²) in [4.78, 5) is 11.7. The third-order valence-corrected chi connectivity index (χ3v) is 10.5. The predicted octanol–water partition coefficient (Wildman–Crippen LogP) is 5.17. The third kappa shape index (κ3) is 3.24. The van der Waals surface area contributed by atoms with Crippen LogP contribution >= 0.6 is 0 Å². The highest BCUT2D eigenvalue weighted by Gasteiger charge is 2.60. The fraction of sp³-hybridized carbons (Fsp3) is 0.960. The first-order valence-electron chi connectivity index (χ1n) is 12.2. The summed E-state index contributed by atoms with van der Waals surface area (Å²) in [6, 6.07) is 0. The van der Waals surface area contributed by atoms with Gasteiger partial charge in [0, 0.05) is 13.5 Å². The van der Waals surface area contributed by atoms with E-state index in [9.17, 15) is 9.90 Å². The third-order valence-electron chi connectivity index (χ3n) is 10.5. The molecule has 3 heteroatoms. The molecule has 0 radical (unpaired) electrons. The second-order valence-electron chi connectivity index (χ2n) is 11.5. The molecule has 160 valence electrons. The second kappa shape index (κ2) is 7.60. The number of rotatable bonds is 4. The van der Waals surface area contributed by atoms with Gasteiger partial charge < -0.3 is 10.4 Å². The normalized spacial score (nSPS) is 48.9. The van der Waals surface area contributed by atoms with Crippen molar-refractivity contribution in [3.63, 3.8) is 0 Å². The molecule has 0 heterocycles. The number of carbonyl (C=O) groups excluding carboxylic acids is 1. The Balaban J connectivity index is 1.48. The van der Waals surface area contributed by atoms with E-state index in [1.807, 2.05) is 0 Å². The summed E-state index contributed by atoms with van der Waals surface area (Å²) in [5, 5.41) is 13.0. The van der Waals surface area contributed by atoms with Crippen LogP contribution in [0.5, 0.6) is 0 Å². The lowest BCUT2D eigenvalue weighted by Gasteiger charge is -2.61. The van der Waals surface area contributed by atoms with Crippen molar-refractivity contribution in [2.24, 2.45) is 46.3 Å². The number of hydrogen-bond acceptors (Lipinski definition) is 2. The molecular formula is C25H43NO2. The van der Waals surface area contributed by atoms with E-state index in [1.54, 1.807) is 7.05 Å². The van der Waals surface area contributed by atoms with Gasteiger partial charge >= 0.3 is 0 Å². The van der Waals surface area contributed by atoms with Gasteiger partial charge in [-0.3, -0.25) is 4.79 Å². The Hall–Kier alpha value is -0.570. The molecular weight excluding hydrogens is 346 g/mol. The first-order valence-corrected chi connectivity index (χ1v) is 12.2. The molecule has 0 spiro atoms. The molecule has 0 aliphatic heterocycles. The van der Waals surface area contributed by atoms with Gasteiger partial charge in [0.25, 0.3) is 0 Å². The van der Waals surface area contributed by atoms with Gasteiger partial charge in [-0.2, -0.15) is 0 Å². The summed E-state index contributed by atoms with van der Waals surface area (Å²) in [6.07, 6.45) is 13.3. The van der Waals surface area contributed by atoms with E-state index in [0.29, 0.717) is 23.2 Å². The largest absolute Gasteiger partial charge is 0.393 e. The number of nitrogens with one attached hydrogen (secondary N) is 1. The highest BCUT2D eigenvalue weighted by molar-refractivity contribution is 5.75. The van der Waals surface area contributed by atoms with Crippen LogP contribution in [0.3, 0.4) is 0 Å². The van der Waals surface area contributed by atoms with Crippen molar-refractivity contribution in [1.29, 1.82) is 0 Å². The highest BCUT2D eigenvalue weighted by Crippen LogP contribution is 2.68. The summed E-state index contributed by atoms with van der Waals surface area (Å²) in [6.45, 7) is 7.61. The lowest BCUT2D eigenvalue weighted by molar-refractivity contribution is -0.129. The van der Waals surface area contributed by atoms with Gasteiger partial charge in [0.2, 0.25) is 5.91 Å². The van der Waals surface area contributed by atoms with Crippen LogP contribution in [0.15, 0.2) is 0 Å². The van der Waals surface area contributed by atoms with E-state index < -0.39 is 0 Å². The molecule has 4 fully saturated rings. The second-order valence-corrected chi connectivity index (χ2v) is 11.5. The minimum Gasteiger partial charge on any atom is -0.393 e. The maximum absolute atomic E-state index is 11.7. The standard InChI is InChI=1S/C25H43NO2/c1-16(5-10-23(28)26-4)20-8-9-21-19-7-6-17-15-18(27)11-13-24(17,2)22(19)12-14-25(20,21)3/h16-22,27H,5-15H2,1-4H3,(H,26,28)/t16-,17-,18-,19?,20-,21?,22?,24+,25-/m1/s1. The molecule has 1 amide bonds. The molecule has 3 nitrogen and oxygen atoms in total. The van der Waals surface area contributed by atoms with Crippen LogP contribution in [-0.4, -0.2) is 24.2 Å². The summed E-state index contributed by atoms with van der Waals surface area (Å²) in [5.74, 6) is 5.08. The Bertz CT molecular complexity index is 591. The van der Waals surface area contributed by atoms with Gasteiger partial charge in [-0.05, 0) is 111 Å². The average molecular weight is 390 g/mol. The van der Waals surface area contributed by atoms with E-state index in [2.05, 4.69) is 26.1 Å². The topological polar surface area (TPSA) is 49.3 Å². The van der Waals surface area contributed by atoms with Crippen LogP contribution in [0.2, 0.25) is 0 Å². The summed E-state index contributed by atoms with van der Waals surface area (Å²) >= 11 is 0. The fourth-order valence-corrected chi connectivity index (χ4v) is 8.90. The van der Waals surface area contributed by atoms with Crippen molar-refractivity contribution in [1.82, 2.24) is 5.32 Å². The van der Waals surface area contributed by atoms with Gasteiger partial charge in [0.1, 0.15) is 0 Å². The minimum atomic E-state index is -0.0412. The fourth-order valence-electron chi connectivity index (χ4n) is 8.90. The number of aliphatic hydroxyl groups is 1. The van der Waals surface area contributed by atoms with E-state index in [0.717, 1.165) is 48.9 Å². The lowest BCUT2D eigenvalue weighted by Crippen LogP contribution is -2.54. The van der Waals surface area contributed by atoms with Gasteiger partial charge in [0.05, 0.1) is 6.10 Å². The van der Waals surface area contributed by atoms with Crippen molar-refractivity contribution >= 4 is 5.91 Å². The van der Waals surface area contributed by atoms with Crippen molar-refractivity contribution in [2.45, 2.75) is 97.5 Å². The first kappa shape index (κ1) is 20.7.